The summed E-state index contributed by atoms with van der Waals surface area (Å²) in [5, 5.41) is 19.9. The first kappa shape index (κ1) is 19.1. The zero-order valence-corrected chi connectivity index (χ0v) is 15.5. The molecule has 28 heavy (non-hydrogen) atoms. The van der Waals surface area contributed by atoms with E-state index in [4.69, 9.17) is 21.6 Å². The Kier molecular flexibility index (Phi) is 5.67. The Hall–Kier alpha value is -3.70. The molecule has 1 amide bonds. The smallest absolute Gasteiger partial charge is 0.361 e. The quantitative estimate of drug-likeness (QED) is 0.665. The number of carbonyl (C=O) groups excluding carboxylic acids is 2. The second kappa shape index (κ2) is 8.33. The first-order valence-electron chi connectivity index (χ1n) is 8.14. The molecule has 0 aliphatic heterocycles. The van der Waals surface area contributed by atoms with Crippen LogP contribution in [0.5, 0.6) is 0 Å². The summed E-state index contributed by atoms with van der Waals surface area (Å²) >= 11 is 5.91. The molecule has 0 saturated carbocycles. The molecule has 0 aliphatic carbocycles. The molecule has 9 heteroatoms. The predicted molar refractivity (Wildman–Crippen MR) is 101 cm³/mol. The number of ether oxygens (including phenoxy) is 1. The Morgan fingerprint density at radius 2 is 1.96 bits per heavy atom. The maximum atomic E-state index is 12.2. The number of aromatic nitrogens is 3. The van der Waals surface area contributed by atoms with Gasteiger partial charge in [0.25, 0.3) is 5.91 Å². The lowest BCUT2D eigenvalue weighted by Gasteiger charge is -2.06. The van der Waals surface area contributed by atoms with Crippen LogP contribution in [0.4, 0.5) is 5.69 Å². The third kappa shape index (κ3) is 4.34. The van der Waals surface area contributed by atoms with E-state index in [1.165, 1.54) is 23.0 Å². The summed E-state index contributed by atoms with van der Waals surface area (Å²) in [6.45, 7) is 1.12. The average Bonchev–Trinajstić information content (AvgIpc) is 3.09. The third-order valence-corrected chi connectivity index (χ3v) is 3.98. The monoisotopic (exact) mass is 395 g/mol. The highest BCUT2D eigenvalue weighted by atomic mass is 35.5. The molecular weight excluding hydrogens is 382 g/mol. The van der Waals surface area contributed by atoms with Gasteiger partial charge in [0.15, 0.2) is 12.3 Å². The van der Waals surface area contributed by atoms with Gasteiger partial charge in [-0.2, -0.15) is 15.2 Å². The van der Waals surface area contributed by atoms with Crippen LogP contribution in [0.25, 0.3) is 5.69 Å². The third-order valence-electron chi connectivity index (χ3n) is 3.67. The lowest BCUT2D eigenvalue weighted by atomic mass is 10.2. The van der Waals surface area contributed by atoms with Gasteiger partial charge in [0.05, 0.1) is 22.0 Å². The van der Waals surface area contributed by atoms with E-state index in [0.717, 1.165) is 0 Å². The number of nitrogens with zero attached hydrogens (tertiary/aromatic N) is 4. The fourth-order valence-corrected chi connectivity index (χ4v) is 2.55. The zero-order chi connectivity index (χ0) is 20.1. The number of amides is 1. The van der Waals surface area contributed by atoms with Crippen molar-refractivity contribution in [3.05, 3.63) is 70.5 Å². The highest BCUT2D eigenvalue weighted by Crippen LogP contribution is 2.20. The summed E-state index contributed by atoms with van der Waals surface area (Å²) in [7, 11) is 0. The van der Waals surface area contributed by atoms with Gasteiger partial charge in [-0.3, -0.25) is 4.79 Å². The number of esters is 1. The van der Waals surface area contributed by atoms with Crippen LogP contribution in [0.1, 0.15) is 21.7 Å². The number of rotatable bonds is 5. The second-order valence-electron chi connectivity index (χ2n) is 5.69. The van der Waals surface area contributed by atoms with E-state index >= 15 is 0 Å². The molecule has 0 spiro atoms. The Morgan fingerprint density at radius 1 is 1.21 bits per heavy atom. The van der Waals surface area contributed by atoms with Gasteiger partial charge >= 0.3 is 5.97 Å². The molecule has 0 fully saturated rings. The number of carbonyl (C=O) groups is 2. The van der Waals surface area contributed by atoms with Gasteiger partial charge in [-0.1, -0.05) is 29.8 Å². The standard InChI is InChI=1S/C19H14ClN5O3/c1-12-18(24-25(23-12)15-5-3-2-4-6-15)19(27)28-11-17(26)22-14-8-7-13(10-21)16(20)9-14/h2-9H,11H2,1H3,(H,22,26). The van der Waals surface area contributed by atoms with Gasteiger partial charge < -0.3 is 10.1 Å². The zero-order valence-electron chi connectivity index (χ0n) is 14.7. The van der Waals surface area contributed by atoms with E-state index in [-0.39, 0.29) is 10.7 Å². The fourth-order valence-electron chi connectivity index (χ4n) is 2.32. The molecule has 140 valence electrons. The summed E-state index contributed by atoms with van der Waals surface area (Å²) < 4.78 is 5.02. The number of hydrogen-bond donors (Lipinski definition) is 1. The Balaban J connectivity index is 1.61. The number of benzene rings is 2. The van der Waals surface area contributed by atoms with Crippen LogP contribution in [-0.2, 0) is 9.53 Å². The number of nitrogens with one attached hydrogen (secondary N) is 1. The predicted octanol–water partition coefficient (Wildman–Crippen LogP) is 2.90. The van der Waals surface area contributed by atoms with Crippen molar-refractivity contribution in [2.45, 2.75) is 6.92 Å². The fraction of sp³-hybridized carbons (Fsp3) is 0.105. The molecule has 3 rings (SSSR count). The van der Waals surface area contributed by atoms with Crippen molar-refractivity contribution in [2.24, 2.45) is 0 Å². The van der Waals surface area contributed by atoms with Crippen LogP contribution in [-0.4, -0.2) is 33.5 Å². The van der Waals surface area contributed by atoms with Crippen LogP contribution in [0, 0.1) is 18.3 Å². The molecule has 3 aromatic rings. The van der Waals surface area contributed by atoms with Crippen molar-refractivity contribution in [1.82, 2.24) is 15.0 Å². The molecule has 1 N–H and O–H groups in total. The molecule has 0 bridgehead atoms. The van der Waals surface area contributed by atoms with Crippen molar-refractivity contribution in [3.8, 4) is 11.8 Å². The lowest BCUT2D eigenvalue weighted by Crippen LogP contribution is -2.21. The van der Waals surface area contributed by atoms with Gasteiger partial charge in [0, 0.05) is 5.69 Å². The van der Waals surface area contributed by atoms with Crippen LogP contribution in [0.15, 0.2) is 48.5 Å². The molecular formula is C19H14ClN5O3. The van der Waals surface area contributed by atoms with Gasteiger partial charge in [-0.15, -0.1) is 5.10 Å². The highest BCUT2D eigenvalue weighted by molar-refractivity contribution is 6.32. The lowest BCUT2D eigenvalue weighted by molar-refractivity contribution is -0.119. The molecule has 0 aliphatic rings. The second-order valence-corrected chi connectivity index (χ2v) is 6.10. The normalized spacial score (nSPS) is 10.2. The number of aryl methyl sites for hydroxylation is 1. The van der Waals surface area contributed by atoms with E-state index in [2.05, 4.69) is 15.5 Å². The van der Waals surface area contributed by atoms with Crippen LogP contribution < -0.4 is 5.32 Å². The maximum absolute atomic E-state index is 12.2. The molecule has 0 radical (unpaired) electrons. The SMILES string of the molecule is Cc1nn(-c2ccccc2)nc1C(=O)OCC(=O)Nc1ccc(C#N)c(Cl)c1. The number of anilines is 1. The number of nitriles is 1. The first-order chi connectivity index (χ1) is 13.5. The van der Waals surface area contributed by atoms with Gasteiger partial charge in [0.1, 0.15) is 6.07 Å². The van der Waals surface area contributed by atoms with Crippen molar-refractivity contribution in [2.75, 3.05) is 11.9 Å². The minimum atomic E-state index is -0.757. The van der Waals surface area contributed by atoms with E-state index in [0.29, 0.717) is 22.6 Å². The maximum Gasteiger partial charge on any atom is 0.361 e. The molecule has 1 aromatic heterocycles. The minimum absolute atomic E-state index is 0.0260. The van der Waals surface area contributed by atoms with Gasteiger partial charge in [-0.25, -0.2) is 4.79 Å². The van der Waals surface area contributed by atoms with Crippen molar-refractivity contribution < 1.29 is 14.3 Å². The summed E-state index contributed by atoms with van der Waals surface area (Å²) in [4.78, 5) is 25.5. The van der Waals surface area contributed by atoms with E-state index in [1.54, 1.807) is 19.1 Å². The summed E-state index contributed by atoms with van der Waals surface area (Å²) in [5.74, 6) is -1.31. The molecule has 0 atom stereocenters. The van der Waals surface area contributed by atoms with Crippen LogP contribution >= 0.6 is 11.6 Å². The van der Waals surface area contributed by atoms with Crippen molar-refractivity contribution in [3.63, 3.8) is 0 Å². The molecule has 0 saturated heterocycles. The average molecular weight is 396 g/mol. The van der Waals surface area contributed by atoms with Crippen molar-refractivity contribution in [1.29, 1.82) is 5.26 Å². The van der Waals surface area contributed by atoms with Crippen LogP contribution in [0.2, 0.25) is 5.02 Å². The topological polar surface area (TPSA) is 110 Å². The molecule has 2 aromatic carbocycles. The number of para-hydroxylation sites is 1. The summed E-state index contributed by atoms with van der Waals surface area (Å²) in [6.07, 6.45) is 0. The van der Waals surface area contributed by atoms with Gasteiger partial charge in [0.2, 0.25) is 0 Å². The molecule has 1 heterocycles. The Bertz CT molecular complexity index is 1070. The Morgan fingerprint density at radius 3 is 2.64 bits per heavy atom. The molecule has 0 unspecified atom stereocenters. The van der Waals surface area contributed by atoms with Crippen LogP contribution in [0.3, 0.4) is 0 Å². The number of halogens is 1. The summed E-state index contributed by atoms with van der Waals surface area (Å²) in [5.41, 5.74) is 1.78. The Labute approximate surface area is 165 Å². The van der Waals surface area contributed by atoms with E-state index in [9.17, 15) is 9.59 Å². The first-order valence-corrected chi connectivity index (χ1v) is 8.51. The van der Waals surface area contributed by atoms with E-state index in [1.807, 2.05) is 24.3 Å². The highest BCUT2D eigenvalue weighted by Gasteiger charge is 2.19. The van der Waals surface area contributed by atoms with Crippen molar-refractivity contribution >= 4 is 29.2 Å². The largest absolute Gasteiger partial charge is 0.451 e. The summed E-state index contributed by atoms with van der Waals surface area (Å²) in [6, 6.07) is 15.5. The number of hydrogen-bond acceptors (Lipinski definition) is 6. The minimum Gasteiger partial charge on any atom is -0.451 e. The van der Waals surface area contributed by atoms with E-state index < -0.39 is 18.5 Å². The molecule has 8 nitrogen and oxygen atoms in total. The van der Waals surface area contributed by atoms with Gasteiger partial charge in [-0.05, 0) is 37.3 Å².